The van der Waals surface area contributed by atoms with E-state index in [2.05, 4.69) is 15.9 Å². The molecular weight excluding hydrogens is 226 g/mol. The fourth-order valence-corrected chi connectivity index (χ4v) is 3.29. The van der Waals surface area contributed by atoms with Crippen LogP contribution in [0.4, 0.5) is 4.39 Å². The van der Waals surface area contributed by atoms with E-state index in [9.17, 15) is 14.6 Å². The number of fused-ring (bicyclic) bond motifs is 1. The van der Waals surface area contributed by atoms with E-state index in [1.807, 2.05) is 7.85 Å². The average molecular weight is 237 g/mol. The quantitative estimate of drug-likeness (QED) is 0.437. The minimum Gasteiger partial charge on any atom is -0.390 e. The summed E-state index contributed by atoms with van der Waals surface area (Å²) in [5.74, 6) is 0.213. The predicted octanol–water partition coefficient (Wildman–Crippen LogP) is -0.580. The number of rotatable bonds is 0. The largest absolute Gasteiger partial charge is 0.390 e. The van der Waals surface area contributed by atoms with Crippen LogP contribution in [-0.4, -0.2) is 40.7 Å². The lowest BCUT2D eigenvalue weighted by molar-refractivity contribution is -0.0615. The molecule has 0 aromatic heterocycles. The van der Waals surface area contributed by atoms with Crippen LogP contribution >= 0.6 is 15.9 Å². The normalized spacial score (nSPS) is 64.2. The third-order valence-electron chi connectivity index (χ3n) is 3.27. The number of aliphatic hydroxyl groups excluding tert-OH is 2. The van der Waals surface area contributed by atoms with Gasteiger partial charge in [-0.2, -0.15) is 0 Å². The van der Waals surface area contributed by atoms with E-state index < -0.39 is 18.4 Å². The second kappa shape index (κ2) is 2.46. The zero-order chi connectivity index (χ0) is 9.09. The molecule has 2 nitrogen and oxygen atoms in total. The minimum atomic E-state index is -1.26. The lowest BCUT2D eigenvalue weighted by Gasteiger charge is -2.25. The molecule has 0 bridgehead atoms. The SMILES string of the molecule is BC1(Br)C2CC(F)C(O)C(O)C21. The second-order valence-corrected chi connectivity index (χ2v) is 5.73. The molecule has 2 aliphatic rings. The van der Waals surface area contributed by atoms with Crippen LogP contribution in [0.2, 0.25) is 0 Å². The molecule has 0 aliphatic heterocycles. The van der Waals surface area contributed by atoms with Crippen molar-refractivity contribution >= 4 is 23.8 Å². The highest BCUT2D eigenvalue weighted by atomic mass is 79.9. The minimum absolute atomic E-state index is 0.0273. The highest BCUT2D eigenvalue weighted by molar-refractivity contribution is 9.10. The van der Waals surface area contributed by atoms with Crippen molar-refractivity contribution in [3.63, 3.8) is 0 Å². The molecular formula is C7H11BBrFO2. The Bertz CT molecular complexity index is 214. The van der Waals surface area contributed by atoms with Gasteiger partial charge in [0.1, 0.15) is 20.1 Å². The van der Waals surface area contributed by atoms with Gasteiger partial charge in [-0.25, -0.2) is 4.39 Å². The van der Waals surface area contributed by atoms with Gasteiger partial charge < -0.3 is 10.2 Å². The molecule has 0 saturated heterocycles. The van der Waals surface area contributed by atoms with Crippen molar-refractivity contribution in [2.45, 2.75) is 29.0 Å². The molecule has 0 aromatic carbocycles. The lowest BCUT2D eigenvalue weighted by atomic mass is 9.93. The van der Waals surface area contributed by atoms with Crippen LogP contribution in [0.1, 0.15) is 6.42 Å². The molecule has 6 atom stereocenters. The number of alkyl halides is 2. The third-order valence-corrected chi connectivity index (χ3v) is 4.39. The van der Waals surface area contributed by atoms with Gasteiger partial charge in [0, 0.05) is 4.22 Å². The zero-order valence-electron chi connectivity index (χ0n) is 6.74. The highest BCUT2D eigenvalue weighted by Crippen LogP contribution is 2.62. The molecule has 68 valence electrons. The van der Waals surface area contributed by atoms with Crippen LogP contribution in [0.15, 0.2) is 0 Å². The summed E-state index contributed by atoms with van der Waals surface area (Å²) in [4.78, 5) is 0. The van der Waals surface area contributed by atoms with E-state index >= 15 is 0 Å². The Morgan fingerprint density at radius 3 is 2.58 bits per heavy atom. The van der Waals surface area contributed by atoms with Crippen molar-refractivity contribution in [3.05, 3.63) is 0 Å². The molecule has 0 aromatic rings. The average Bonchev–Trinajstić information content (AvgIpc) is 2.49. The van der Waals surface area contributed by atoms with E-state index in [0.29, 0.717) is 6.42 Å². The van der Waals surface area contributed by atoms with Gasteiger partial charge in [0.05, 0.1) is 6.10 Å². The van der Waals surface area contributed by atoms with Crippen molar-refractivity contribution in [3.8, 4) is 0 Å². The molecule has 0 amide bonds. The maximum Gasteiger partial charge on any atom is 0.129 e. The summed E-state index contributed by atoms with van der Waals surface area (Å²) < 4.78 is 12.9. The van der Waals surface area contributed by atoms with Crippen LogP contribution in [0.25, 0.3) is 0 Å². The summed E-state index contributed by atoms with van der Waals surface area (Å²) in [6.07, 6.45) is -2.99. The first-order valence-electron chi connectivity index (χ1n) is 4.15. The van der Waals surface area contributed by atoms with Crippen molar-refractivity contribution < 1.29 is 14.6 Å². The molecule has 2 saturated carbocycles. The van der Waals surface area contributed by atoms with E-state index in [1.165, 1.54) is 0 Å². The van der Waals surface area contributed by atoms with Crippen LogP contribution in [0.5, 0.6) is 0 Å². The van der Waals surface area contributed by atoms with E-state index in [1.54, 1.807) is 0 Å². The fraction of sp³-hybridized carbons (Fsp3) is 1.00. The molecule has 0 spiro atoms. The van der Waals surface area contributed by atoms with E-state index in [0.717, 1.165) is 0 Å². The maximum atomic E-state index is 13.0. The number of halogens is 2. The number of hydrogen-bond acceptors (Lipinski definition) is 2. The summed E-state index contributed by atoms with van der Waals surface area (Å²) in [5, 5.41) is 18.7. The topological polar surface area (TPSA) is 40.5 Å². The lowest BCUT2D eigenvalue weighted by Crippen LogP contribution is -2.40. The highest BCUT2D eigenvalue weighted by Gasteiger charge is 2.67. The molecule has 0 radical (unpaired) electrons. The Balaban J connectivity index is 2.16. The molecule has 2 N–H and O–H groups in total. The van der Waals surface area contributed by atoms with Crippen LogP contribution in [0, 0.1) is 11.8 Å². The van der Waals surface area contributed by atoms with Gasteiger partial charge in [0.2, 0.25) is 0 Å². The fourth-order valence-electron chi connectivity index (χ4n) is 2.36. The Morgan fingerprint density at radius 1 is 1.42 bits per heavy atom. The van der Waals surface area contributed by atoms with Crippen LogP contribution < -0.4 is 0 Å². The van der Waals surface area contributed by atoms with E-state index in [4.69, 9.17) is 0 Å². The summed E-state index contributed by atoms with van der Waals surface area (Å²) in [7, 11) is 1.94. The monoisotopic (exact) mass is 236 g/mol. The van der Waals surface area contributed by atoms with Crippen molar-refractivity contribution in [2.24, 2.45) is 11.8 Å². The molecule has 2 rings (SSSR count). The summed E-state index contributed by atoms with van der Waals surface area (Å²) in [6.45, 7) is 0. The van der Waals surface area contributed by atoms with Crippen molar-refractivity contribution in [1.29, 1.82) is 0 Å². The molecule has 5 heteroatoms. The van der Waals surface area contributed by atoms with Crippen molar-refractivity contribution in [1.82, 2.24) is 0 Å². The molecule has 2 aliphatic carbocycles. The molecule has 0 heterocycles. The zero-order valence-corrected chi connectivity index (χ0v) is 8.33. The first kappa shape index (κ1) is 8.97. The van der Waals surface area contributed by atoms with Crippen molar-refractivity contribution in [2.75, 3.05) is 0 Å². The standard InChI is InChI=1S/C7H11BBrFO2/c8-7(9)2-1-3(10)5(11)6(12)4(2)7/h2-6,11-12H,1,8H2. The third kappa shape index (κ3) is 0.993. The Hall–Kier alpha value is 0.395. The molecule has 6 unspecified atom stereocenters. The van der Waals surface area contributed by atoms with Crippen LogP contribution in [0.3, 0.4) is 0 Å². The first-order chi connectivity index (χ1) is 5.46. The van der Waals surface area contributed by atoms with E-state index in [-0.39, 0.29) is 16.1 Å². The van der Waals surface area contributed by atoms with Gasteiger partial charge in [-0.1, -0.05) is 15.9 Å². The van der Waals surface area contributed by atoms with Gasteiger partial charge in [0.25, 0.3) is 0 Å². The van der Waals surface area contributed by atoms with Gasteiger partial charge in [-0.05, 0) is 18.3 Å². The smallest absolute Gasteiger partial charge is 0.129 e. The Labute approximate surface area is 79.7 Å². The first-order valence-corrected chi connectivity index (χ1v) is 4.94. The summed E-state index contributed by atoms with van der Waals surface area (Å²) >= 11 is 3.44. The molecule has 2 fully saturated rings. The maximum absolute atomic E-state index is 13.0. The van der Waals surface area contributed by atoms with Gasteiger partial charge in [-0.15, -0.1) is 0 Å². The van der Waals surface area contributed by atoms with Gasteiger partial charge in [-0.3, -0.25) is 0 Å². The van der Waals surface area contributed by atoms with Gasteiger partial charge >= 0.3 is 0 Å². The molecule has 12 heavy (non-hydrogen) atoms. The predicted molar refractivity (Wildman–Crippen MR) is 48.7 cm³/mol. The Kier molecular flexibility index (Phi) is 1.84. The number of hydrogen-bond donors (Lipinski definition) is 2. The van der Waals surface area contributed by atoms with Crippen LogP contribution in [-0.2, 0) is 0 Å². The second-order valence-electron chi connectivity index (χ2n) is 4.02. The number of aliphatic hydroxyl groups is 2. The Morgan fingerprint density at radius 2 is 2.00 bits per heavy atom. The summed E-state index contributed by atoms with van der Waals surface area (Å²) in [6, 6.07) is 0. The van der Waals surface area contributed by atoms with Gasteiger partial charge in [0.15, 0.2) is 0 Å². The summed E-state index contributed by atoms with van der Waals surface area (Å²) in [5.41, 5.74) is 0.